The quantitative estimate of drug-likeness (QED) is 0.219. The number of nitrogens with one attached hydrogen (secondary N) is 4. The molecule has 2 saturated heterocycles. The van der Waals surface area contributed by atoms with Crippen LogP contribution in [0.2, 0.25) is 0 Å². The van der Waals surface area contributed by atoms with Gasteiger partial charge in [0.1, 0.15) is 24.2 Å². The Hall–Kier alpha value is -2.74. The first-order valence-electron chi connectivity index (χ1n) is 21.2. The minimum Gasteiger partial charge on any atom is -0.344 e. The zero-order valence-corrected chi connectivity index (χ0v) is 35.2. The second-order valence-electron chi connectivity index (χ2n) is 19.7. The van der Waals surface area contributed by atoms with Gasteiger partial charge in [-0.3, -0.25) is 28.7 Å². The van der Waals surface area contributed by atoms with Gasteiger partial charge in [0.2, 0.25) is 33.7 Å². The highest BCUT2D eigenvalue weighted by Crippen LogP contribution is 2.88. The van der Waals surface area contributed by atoms with E-state index in [0.29, 0.717) is 38.8 Å². The summed E-state index contributed by atoms with van der Waals surface area (Å²) in [5, 5.41) is 8.57. The molecule has 2 heterocycles. The number of hydrogen-bond donors (Lipinski definition) is 4. The number of carbonyl (C=O) groups excluding carboxylic acids is 5. The van der Waals surface area contributed by atoms with Crippen LogP contribution in [-0.4, -0.2) is 104 Å². The number of rotatable bonds is 13. The molecule has 14 heteroatoms. The van der Waals surface area contributed by atoms with E-state index in [9.17, 15) is 27.6 Å². The number of likely N-dealkylation sites (tertiary alicyclic amines) is 2. The molecule has 4 N–H and O–H groups in total. The summed E-state index contributed by atoms with van der Waals surface area (Å²) in [6, 6.07) is -3.75. The van der Waals surface area contributed by atoms with E-state index < -0.39 is 56.7 Å². The molecule has 0 aromatic rings. The molecular weight excluding hydrogens is 721 g/mol. The Morgan fingerprint density at radius 1 is 0.818 bits per heavy atom. The van der Waals surface area contributed by atoms with Crippen molar-refractivity contribution in [3.05, 3.63) is 0 Å². The third-order valence-corrected chi connectivity index (χ3v) is 16.7. The predicted octanol–water partition coefficient (Wildman–Crippen LogP) is 3.61. The van der Waals surface area contributed by atoms with E-state index in [2.05, 4.69) is 39.4 Å². The Bertz CT molecular complexity index is 1610. The lowest BCUT2D eigenvalue weighted by atomic mass is 9.73. The fraction of sp³-hybridized carbons (Fsp3) is 0.878. The van der Waals surface area contributed by atoms with E-state index in [4.69, 9.17) is 0 Å². The maximum atomic E-state index is 15.1. The van der Waals surface area contributed by atoms with Crippen LogP contribution in [0.25, 0.3) is 0 Å². The highest BCUT2D eigenvalue weighted by Gasteiger charge is 2.85. The van der Waals surface area contributed by atoms with Crippen LogP contribution in [0.5, 0.6) is 0 Å². The zero-order valence-electron chi connectivity index (χ0n) is 34.4. The van der Waals surface area contributed by atoms with Gasteiger partial charge in [0.15, 0.2) is 0 Å². The summed E-state index contributed by atoms with van der Waals surface area (Å²) in [6.45, 7) is 14.0. The third kappa shape index (κ3) is 7.93. The highest BCUT2D eigenvalue weighted by molar-refractivity contribution is 7.90. The van der Waals surface area contributed by atoms with Crippen LogP contribution in [0, 0.1) is 33.5 Å². The van der Waals surface area contributed by atoms with Gasteiger partial charge in [0, 0.05) is 18.5 Å². The summed E-state index contributed by atoms with van der Waals surface area (Å²) in [6.07, 6.45) is 11.7. The average molecular weight is 789 g/mol. The van der Waals surface area contributed by atoms with Gasteiger partial charge in [0.05, 0.1) is 11.2 Å². The summed E-state index contributed by atoms with van der Waals surface area (Å²) in [7, 11) is -1.81. The van der Waals surface area contributed by atoms with Crippen molar-refractivity contribution in [3.8, 4) is 0 Å². The summed E-state index contributed by atoms with van der Waals surface area (Å²) in [5.74, 6) is -2.33. The maximum Gasteiger partial charge on any atom is 0.256 e. The van der Waals surface area contributed by atoms with Crippen LogP contribution < -0.4 is 20.7 Å². The summed E-state index contributed by atoms with van der Waals surface area (Å²) >= 11 is 0. The van der Waals surface area contributed by atoms with Crippen molar-refractivity contribution < 1.29 is 32.4 Å². The van der Waals surface area contributed by atoms with Crippen LogP contribution in [-0.2, 0) is 34.0 Å². The van der Waals surface area contributed by atoms with E-state index in [0.717, 1.165) is 70.8 Å². The number of hydrogen-bond acceptors (Lipinski definition) is 8. The van der Waals surface area contributed by atoms with Crippen molar-refractivity contribution >= 4 is 39.6 Å². The van der Waals surface area contributed by atoms with Crippen molar-refractivity contribution in [2.75, 3.05) is 26.7 Å². The first-order valence-corrected chi connectivity index (χ1v) is 22.8. The van der Waals surface area contributed by atoms with E-state index >= 15 is 4.79 Å². The molecule has 2 aliphatic heterocycles. The minimum atomic E-state index is -3.82. The second kappa shape index (κ2) is 15.5. The smallest absolute Gasteiger partial charge is 0.256 e. The van der Waals surface area contributed by atoms with Crippen molar-refractivity contribution in [1.29, 1.82) is 0 Å². The molecule has 4 aliphatic carbocycles. The fourth-order valence-corrected chi connectivity index (χ4v) is 12.5. The first kappa shape index (κ1) is 41.9. The standard InChI is InChI=1S/C41H68N6O7S/c1-8-14-29(34(49)45-55(53,54)28-18-19-28)42-35(50)30-23-41(39(5,6)40(41)20-13-21-40)25-47(30)37(52)32(38(2,3)4)44-36(51)31(26-15-10-9-11-16-26)43-33(48)27-17-12-22-46(7)24-27/h26-32H,8-25H2,1-7H3,(H,42,50)(H,43,48)(H,44,51)(H,45,49)/t27-,29+,30+,31+,32-,41-/m1/s1. The number of fused-ring (bicyclic) bond motifs is 1. The molecule has 0 radical (unpaired) electrons. The van der Waals surface area contributed by atoms with Crippen LogP contribution in [0.3, 0.4) is 0 Å². The summed E-state index contributed by atoms with van der Waals surface area (Å²) in [5.41, 5.74) is -1.15. The SMILES string of the molecule is CCC[C@H](NC(=O)[C@@H]1C[C@@]2(CN1C(=O)[C@@H](NC(=O)[C@@H](NC(=O)[C@@H]1CCCN(C)C1)C1CCCCC1)C(C)(C)C)C(C)(C)C21CCC1)C(=O)NS(=O)(=O)C1CC1. The molecule has 6 atom stereocenters. The molecule has 0 bridgehead atoms. The van der Waals surface area contributed by atoms with Gasteiger partial charge < -0.3 is 25.8 Å². The molecule has 4 saturated carbocycles. The molecule has 6 fully saturated rings. The monoisotopic (exact) mass is 788 g/mol. The van der Waals surface area contributed by atoms with E-state index in [1.165, 1.54) is 0 Å². The molecule has 5 amide bonds. The molecule has 6 rings (SSSR count). The van der Waals surface area contributed by atoms with Crippen LogP contribution in [0.15, 0.2) is 0 Å². The lowest BCUT2D eigenvalue weighted by molar-refractivity contribution is -0.145. The van der Waals surface area contributed by atoms with Gasteiger partial charge in [-0.05, 0) is 100.0 Å². The molecular formula is C41H68N6O7S. The van der Waals surface area contributed by atoms with E-state index in [1.54, 1.807) is 4.90 Å². The van der Waals surface area contributed by atoms with Crippen molar-refractivity contribution in [2.24, 2.45) is 33.5 Å². The summed E-state index contributed by atoms with van der Waals surface area (Å²) in [4.78, 5) is 74.8. The van der Waals surface area contributed by atoms with Gasteiger partial charge in [0.25, 0.3) is 5.91 Å². The number of carbonyl (C=O) groups is 5. The summed E-state index contributed by atoms with van der Waals surface area (Å²) < 4.78 is 27.5. The van der Waals surface area contributed by atoms with Gasteiger partial charge in [-0.15, -0.1) is 0 Å². The van der Waals surface area contributed by atoms with E-state index in [1.807, 2.05) is 34.7 Å². The molecule has 0 unspecified atom stereocenters. The molecule has 55 heavy (non-hydrogen) atoms. The minimum absolute atomic E-state index is 0.0100. The lowest BCUT2D eigenvalue weighted by Gasteiger charge is -2.38. The van der Waals surface area contributed by atoms with Crippen molar-refractivity contribution in [3.63, 3.8) is 0 Å². The van der Waals surface area contributed by atoms with Crippen LogP contribution in [0.4, 0.5) is 0 Å². The van der Waals surface area contributed by atoms with Crippen LogP contribution >= 0.6 is 0 Å². The van der Waals surface area contributed by atoms with E-state index in [-0.39, 0.29) is 52.2 Å². The molecule has 0 aromatic heterocycles. The lowest BCUT2D eigenvalue weighted by Crippen LogP contribution is -2.62. The molecule has 6 aliphatic rings. The number of piperidine rings is 1. The number of nitrogens with zero attached hydrogens (tertiary/aromatic N) is 2. The normalized spacial score (nSPS) is 29.5. The first-order chi connectivity index (χ1) is 25.8. The second-order valence-corrected chi connectivity index (χ2v) is 21.6. The molecule has 13 nitrogen and oxygen atoms in total. The molecule has 0 aromatic carbocycles. The Morgan fingerprint density at radius 2 is 1.49 bits per heavy atom. The van der Waals surface area contributed by atoms with Gasteiger partial charge >= 0.3 is 0 Å². The predicted molar refractivity (Wildman–Crippen MR) is 210 cm³/mol. The Kier molecular flexibility index (Phi) is 11.8. The number of sulfonamides is 1. The molecule has 310 valence electrons. The maximum absolute atomic E-state index is 15.1. The Labute approximate surface area is 329 Å². The largest absolute Gasteiger partial charge is 0.344 e. The molecule has 2 spiro atoms. The topological polar surface area (TPSA) is 174 Å². The highest BCUT2D eigenvalue weighted by atomic mass is 32.2. The van der Waals surface area contributed by atoms with Crippen molar-refractivity contribution in [2.45, 2.75) is 167 Å². The zero-order chi connectivity index (χ0) is 40.1. The fourth-order valence-electron chi connectivity index (χ4n) is 11.1. The number of amides is 5. The third-order valence-electron chi connectivity index (χ3n) is 14.9. The Balaban J connectivity index is 1.25. The average Bonchev–Trinajstić information content (AvgIpc) is 3.97. The van der Waals surface area contributed by atoms with Crippen molar-refractivity contribution in [1.82, 2.24) is 30.5 Å². The van der Waals surface area contributed by atoms with Crippen LogP contribution in [0.1, 0.15) is 138 Å². The Morgan fingerprint density at radius 3 is 2.04 bits per heavy atom. The van der Waals surface area contributed by atoms with Gasteiger partial charge in [-0.1, -0.05) is 73.6 Å². The van der Waals surface area contributed by atoms with Gasteiger partial charge in [-0.25, -0.2) is 8.42 Å². The van der Waals surface area contributed by atoms with Gasteiger partial charge in [-0.2, -0.15) is 0 Å².